The quantitative estimate of drug-likeness (QED) is 0.836. The van der Waals surface area contributed by atoms with Gasteiger partial charge in [0, 0.05) is 12.2 Å². The van der Waals surface area contributed by atoms with Crippen LogP contribution in [-0.4, -0.2) is 11.7 Å². The highest BCUT2D eigenvalue weighted by atomic mass is 19.1. The fraction of sp³-hybridized carbons (Fsp3) is 0.294. The molecule has 0 bridgehead atoms. The van der Waals surface area contributed by atoms with E-state index in [1.54, 1.807) is 12.1 Å². The van der Waals surface area contributed by atoms with Crippen molar-refractivity contribution in [1.29, 1.82) is 0 Å². The van der Waals surface area contributed by atoms with Crippen LogP contribution in [0.4, 0.5) is 10.1 Å². The summed E-state index contributed by atoms with van der Waals surface area (Å²) in [7, 11) is 0. The van der Waals surface area contributed by atoms with Gasteiger partial charge in [-0.3, -0.25) is 0 Å². The van der Waals surface area contributed by atoms with E-state index in [1.165, 1.54) is 17.7 Å². The molecule has 2 aromatic carbocycles. The molecule has 0 spiro atoms. The van der Waals surface area contributed by atoms with Crippen molar-refractivity contribution in [2.24, 2.45) is 0 Å². The largest absolute Gasteiger partial charge is 0.387 e. The second-order valence-electron chi connectivity index (χ2n) is 4.86. The molecule has 20 heavy (non-hydrogen) atoms. The van der Waals surface area contributed by atoms with Gasteiger partial charge in [0.1, 0.15) is 5.82 Å². The first-order chi connectivity index (χ1) is 9.70. The highest BCUT2D eigenvalue weighted by Crippen LogP contribution is 2.19. The van der Waals surface area contributed by atoms with Crippen LogP contribution in [0.15, 0.2) is 48.5 Å². The molecule has 0 aliphatic rings. The van der Waals surface area contributed by atoms with Crippen molar-refractivity contribution in [2.75, 3.05) is 11.9 Å². The summed E-state index contributed by atoms with van der Waals surface area (Å²) in [6.45, 7) is 2.55. The molecule has 0 aromatic heterocycles. The Morgan fingerprint density at radius 2 is 1.80 bits per heavy atom. The van der Waals surface area contributed by atoms with Gasteiger partial charge in [-0.15, -0.1) is 0 Å². The first kappa shape index (κ1) is 14.5. The van der Waals surface area contributed by atoms with Crippen LogP contribution in [0.1, 0.15) is 30.6 Å². The maximum absolute atomic E-state index is 12.8. The number of nitrogens with one attached hydrogen (secondary N) is 1. The molecule has 0 heterocycles. The van der Waals surface area contributed by atoms with Crippen molar-refractivity contribution in [3.05, 3.63) is 65.5 Å². The number of hydrogen-bond acceptors (Lipinski definition) is 2. The summed E-state index contributed by atoms with van der Waals surface area (Å²) in [5.74, 6) is -0.290. The summed E-state index contributed by atoms with van der Waals surface area (Å²) >= 11 is 0. The summed E-state index contributed by atoms with van der Waals surface area (Å²) < 4.78 is 12.8. The fourth-order valence-corrected chi connectivity index (χ4v) is 2.19. The van der Waals surface area contributed by atoms with Crippen molar-refractivity contribution in [3.63, 3.8) is 0 Å². The maximum atomic E-state index is 12.8. The summed E-state index contributed by atoms with van der Waals surface area (Å²) in [4.78, 5) is 0. The molecule has 2 N–H and O–H groups in total. The molecule has 0 aliphatic heterocycles. The highest BCUT2D eigenvalue weighted by Gasteiger charge is 2.08. The van der Waals surface area contributed by atoms with Crippen molar-refractivity contribution < 1.29 is 9.50 Å². The van der Waals surface area contributed by atoms with E-state index in [4.69, 9.17) is 0 Å². The van der Waals surface area contributed by atoms with Crippen molar-refractivity contribution in [3.8, 4) is 0 Å². The van der Waals surface area contributed by atoms with E-state index < -0.39 is 6.10 Å². The lowest BCUT2D eigenvalue weighted by Gasteiger charge is -2.15. The Balaban J connectivity index is 1.99. The Labute approximate surface area is 119 Å². The zero-order valence-corrected chi connectivity index (χ0v) is 11.6. The Morgan fingerprint density at radius 3 is 2.50 bits per heavy atom. The molecule has 106 valence electrons. The van der Waals surface area contributed by atoms with Gasteiger partial charge in [-0.25, -0.2) is 4.39 Å². The van der Waals surface area contributed by atoms with Gasteiger partial charge in [0.25, 0.3) is 0 Å². The fourth-order valence-electron chi connectivity index (χ4n) is 2.19. The van der Waals surface area contributed by atoms with Gasteiger partial charge in [-0.2, -0.15) is 0 Å². The Bertz CT molecular complexity index is 539. The van der Waals surface area contributed by atoms with Gasteiger partial charge < -0.3 is 10.4 Å². The molecule has 2 rings (SSSR count). The molecule has 2 aromatic rings. The van der Waals surface area contributed by atoms with E-state index in [9.17, 15) is 9.50 Å². The third-order valence-electron chi connectivity index (χ3n) is 3.28. The van der Waals surface area contributed by atoms with Crippen molar-refractivity contribution in [1.82, 2.24) is 0 Å². The Hall–Kier alpha value is -1.87. The number of aryl methyl sites for hydroxylation is 1. The number of hydrogen-bond donors (Lipinski definition) is 2. The lowest BCUT2D eigenvalue weighted by atomic mass is 10.1. The molecule has 3 heteroatoms. The van der Waals surface area contributed by atoms with Crippen molar-refractivity contribution in [2.45, 2.75) is 25.9 Å². The summed E-state index contributed by atoms with van der Waals surface area (Å²) in [6, 6.07) is 14.1. The molecule has 0 saturated heterocycles. The van der Waals surface area contributed by atoms with Gasteiger partial charge in [-0.05, 0) is 35.7 Å². The number of aliphatic hydroxyl groups is 1. The van der Waals surface area contributed by atoms with E-state index in [1.807, 2.05) is 18.2 Å². The summed E-state index contributed by atoms with van der Waals surface area (Å²) in [5.41, 5.74) is 3.02. The normalized spacial score (nSPS) is 12.2. The number of anilines is 1. The standard InChI is InChI=1S/C17H20FNO/c1-2-5-13-6-3-4-7-16(13)19-12-17(20)14-8-10-15(18)11-9-14/h3-4,6-11,17,19-20H,2,5,12H2,1H3. The predicted octanol–water partition coefficient (Wildman–Crippen LogP) is 3.92. The zero-order chi connectivity index (χ0) is 14.4. The smallest absolute Gasteiger partial charge is 0.123 e. The van der Waals surface area contributed by atoms with Crippen LogP contribution in [0.25, 0.3) is 0 Å². The second kappa shape index (κ2) is 7.06. The van der Waals surface area contributed by atoms with E-state index in [2.05, 4.69) is 18.3 Å². The predicted molar refractivity (Wildman–Crippen MR) is 80.3 cm³/mol. The molecular weight excluding hydrogens is 253 g/mol. The van der Waals surface area contributed by atoms with Crippen LogP contribution < -0.4 is 5.32 Å². The van der Waals surface area contributed by atoms with Crippen LogP contribution in [0.5, 0.6) is 0 Å². The van der Waals surface area contributed by atoms with E-state index in [0.29, 0.717) is 12.1 Å². The van der Waals surface area contributed by atoms with E-state index in [-0.39, 0.29) is 5.82 Å². The van der Waals surface area contributed by atoms with Crippen LogP contribution in [-0.2, 0) is 6.42 Å². The average molecular weight is 273 g/mol. The maximum Gasteiger partial charge on any atom is 0.123 e. The van der Waals surface area contributed by atoms with Crippen LogP contribution >= 0.6 is 0 Å². The monoisotopic (exact) mass is 273 g/mol. The molecule has 0 amide bonds. The minimum atomic E-state index is -0.648. The number of halogens is 1. The summed E-state index contributed by atoms with van der Waals surface area (Å²) in [6.07, 6.45) is 1.44. The van der Waals surface area contributed by atoms with Crippen LogP contribution in [0.3, 0.4) is 0 Å². The first-order valence-electron chi connectivity index (χ1n) is 6.96. The molecule has 0 fully saturated rings. The van der Waals surface area contributed by atoms with E-state index in [0.717, 1.165) is 18.5 Å². The van der Waals surface area contributed by atoms with E-state index >= 15 is 0 Å². The molecular formula is C17H20FNO. The zero-order valence-electron chi connectivity index (χ0n) is 11.6. The third-order valence-corrected chi connectivity index (χ3v) is 3.28. The highest BCUT2D eigenvalue weighted by molar-refractivity contribution is 5.51. The minimum Gasteiger partial charge on any atom is -0.387 e. The second-order valence-corrected chi connectivity index (χ2v) is 4.86. The number of para-hydroxylation sites is 1. The molecule has 0 saturated carbocycles. The first-order valence-corrected chi connectivity index (χ1v) is 6.96. The molecule has 2 nitrogen and oxygen atoms in total. The third kappa shape index (κ3) is 3.81. The molecule has 0 aliphatic carbocycles. The SMILES string of the molecule is CCCc1ccccc1NCC(O)c1ccc(F)cc1. The van der Waals surface area contributed by atoms with Gasteiger partial charge in [0.05, 0.1) is 6.10 Å². The van der Waals surface area contributed by atoms with Gasteiger partial charge in [0.15, 0.2) is 0 Å². The average Bonchev–Trinajstić information content (AvgIpc) is 2.47. The minimum absolute atomic E-state index is 0.290. The molecule has 0 radical (unpaired) electrons. The number of aliphatic hydroxyl groups excluding tert-OH is 1. The number of benzene rings is 2. The van der Waals surface area contributed by atoms with Crippen molar-refractivity contribution >= 4 is 5.69 Å². The molecule has 1 atom stereocenters. The lowest BCUT2D eigenvalue weighted by molar-refractivity contribution is 0.191. The van der Waals surface area contributed by atoms with Crippen LogP contribution in [0, 0.1) is 5.82 Å². The van der Waals surface area contributed by atoms with Gasteiger partial charge >= 0.3 is 0 Å². The number of rotatable bonds is 6. The summed E-state index contributed by atoms with van der Waals surface area (Å²) in [5, 5.41) is 13.4. The van der Waals surface area contributed by atoms with Gasteiger partial charge in [-0.1, -0.05) is 43.7 Å². The van der Waals surface area contributed by atoms with Crippen LogP contribution in [0.2, 0.25) is 0 Å². The Morgan fingerprint density at radius 1 is 1.10 bits per heavy atom. The topological polar surface area (TPSA) is 32.3 Å². The lowest BCUT2D eigenvalue weighted by Crippen LogP contribution is -2.13. The van der Waals surface area contributed by atoms with Gasteiger partial charge in [0.2, 0.25) is 0 Å². The Kier molecular flexibility index (Phi) is 5.13. The molecule has 1 unspecified atom stereocenters.